The molecule has 0 aliphatic rings. The SMILES string of the molecule is c1ccc(-c2ccc(-c3ccc(N(c4ccc(-c5ccccc5)cc4)c4ccc(-c5cccc(-c6ccccc6)c5-c5ccccc5)cc4-c4ccccc4)cc3)cc2)cc1. The van der Waals surface area contributed by atoms with E-state index in [9.17, 15) is 0 Å². The van der Waals surface area contributed by atoms with E-state index in [2.05, 4.69) is 266 Å². The van der Waals surface area contributed by atoms with Gasteiger partial charge in [-0.2, -0.15) is 0 Å². The minimum absolute atomic E-state index is 1.08. The normalized spacial score (nSPS) is 11.0. The van der Waals surface area contributed by atoms with Crippen molar-refractivity contribution in [3.8, 4) is 77.9 Å². The molecule has 10 aromatic rings. The minimum atomic E-state index is 1.08. The van der Waals surface area contributed by atoms with Crippen molar-refractivity contribution in [2.75, 3.05) is 4.90 Å². The summed E-state index contributed by atoms with van der Waals surface area (Å²) < 4.78 is 0. The van der Waals surface area contributed by atoms with Crippen LogP contribution in [0, 0.1) is 0 Å². The lowest BCUT2D eigenvalue weighted by Gasteiger charge is -2.29. The van der Waals surface area contributed by atoms with Gasteiger partial charge in [0.1, 0.15) is 0 Å². The van der Waals surface area contributed by atoms with Gasteiger partial charge in [0.25, 0.3) is 0 Å². The second kappa shape index (κ2) is 17.1. The van der Waals surface area contributed by atoms with Crippen LogP contribution in [0.25, 0.3) is 77.9 Å². The molecule has 0 saturated heterocycles. The Morgan fingerprint density at radius 2 is 0.508 bits per heavy atom. The van der Waals surface area contributed by atoms with Crippen molar-refractivity contribution in [1.29, 1.82) is 0 Å². The summed E-state index contributed by atoms with van der Waals surface area (Å²) in [6.07, 6.45) is 0. The second-order valence-electron chi connectivity index (χ2n) is 15.3. The third-order valence-corrected chi connectivity index (χ3v) is 11.5. The maximum absolute atomic E-state index is 2.40. The van der Waals surface area contributed by atoms with Gasteiger partial charge in [-0.3, -0.25) is 0 Å². The van der Waals surface area contributed by atoms with Crippen molar-refractivity contribution >= 4 is 17.1 Å². The fraction of sp³-hybridized carbons (Fsp3) is 0. The highest BCUT2D eigenvalue weighted by molar-refractivity contribution is 5.97. The topological polar surface area (TPSA) is 3.24 Å². The number of rotatable bonds is 10. The molecule has 0 aromatic heterocycles. The van der Waals surface area contributed by atoms with Gasteiger partial charge >= 0.3 is 0 Å². The summed E-state index contributed by atoms with van der Waals surface area (Å²) in [5.41, 5.74) is 19.9. The van der Waals surface area contributed by atoms with Gasteiger partial charge in [0.05, 0.1) is 5.69 Å². The largest absolute Gasteiger partial charge is 0.310 e. The van der Waals surface area contributed by atoms with Crippen molar-refractivity contribution in [1.82, 2.24) is 0 Å². The Balaban J connectivity index is 1.12. The molecule has 0 fully saturated rings. The number of hydrogen-bond donors (Lipinski definition) is 0. The maximum atomic E-state index is 2.40. The molecule has 10 rings (SSSR count). The zero-order valence-corrected chi connectivity index (χ0v) is 33.8. The summed E-state index contributed by atoms with van der Waals surface area (Å²) in [6.45, 7) is 0. The summed E-state index contributed by atoms with van der Waals surface area (Å²) in [5.74, 6) is 0. The number of anilines is 3. The van der Waals surface area contributed by atoms with E-state index in [-0.39, 0.29) is 0 Å². The number of hydrogen-bond acceptors (Lipinski definition) is 1. The van der Waals surface area contributed by atoms with E-state index in [4.69, 9.17) is 0 Å². The van der Waals surface area contributed by atoms with Crippen molar-refractivity contribution < 1.29 is 0 Å². The predicted molar refractivity (Wildman–Crippen MR) is 259 cm³/mol. The van der Waals surface area contributed by atoms with E-state index < -0.39 is 0 Å². The van der Waals surface area contributed by atoms with Crippen LogP contribution >= 0.6 is 0 Å². The van der Waals surface area contributed by atoms with Gasteiger partial charge in [-0.05, 0) is 109 Å². The number of benzene rings is 10. The summed E-state index contributed by atoms with van der Waals surface area (Å²) in [5, 5.41) is 0. The van der Waals surface area contributed by atoms with Gasteiger partial charge in [0.15, 0.2) is 0 Å². The summed E-state index contributed by atoms with van der Waals surface area (Å²) in [6, 6.07) is 94.0. The molecule has 0 aliphatic heterocycles. The van der Waals surface area contributed by atoms with Gasteiger partial charge in [0.2, 0.25) is 0 Å². The Hall–Kier alpha value is -8.00. The molecule has 10 aromatic carbocycles. The third kappa shape index (κ3) is 7.81. The van der Waals surface area contributed by atoms with Crippen LogP contribution in [0.15, 0.2) is 261 Å². The van der Waals surface area contributed by atoms with Gasteiger partial charge in [-0.15, -0.1) is 0 Å². The van der Waals surface area contributed by atoms with Crippen LogP contribution in [0.2, 0.25) is 0 Å². The van der Waals surface area contributed by atoms with Crippen molar-refractivity contribution in [3.63, 3.8) is 0 Å². The Morgan fingerprint density at radius 1 is 0.197 bits per heavy atom. The highest BCUT2D eigenvalue weighted by Crippen LogP contribution is 2.46. The van der Waals surface area contributed by atoms with E-state index in [1.165, 1.54) is 61.2 Å². The van der Waals surface area contributed by atoms with Crippen LogP contribution in [0.3, 0.4) is 0 Å². The molecule has 61 heavy (non-hydrogen) atoms. The fourth-order valence-corrected chi connectivity index (χ4v) is 8.46. The quantitative estimate of drug-likeness (QED) is 0.134. The van der Waals surface area contributed by atoms with E-state index >= 15 is 0 Å². The lowest BCUT2D eigenvalue weighted by molar-refractivity contribution is 1.28. The predicted octanol–water partition coefficient (Wildman–Crippen LogP) is 16.8. The van der Waals surface area contributed by atoms with Crippen LogP contribution in [0.4, 0.5) is 17.1 Å². The zero-order chi connectivity index (χ0) is 40.8. The summed E-state index contributed by atoms with van der Waals surface area (Å²) >= 11 is 0. The monoisotopic (exact) mass is 777 g/mol. The Bertz CT molecular complexity index is 3000. The van der Waals surface area contributed by atoms with Crippen LogP contribution in [0.1, 0.15) is 0 Å². The molecule has 0 spiro atoms. The highest BCUT2D eigenvalue weighted by atomic mass is 15.1. The van der Waals surface area contributed by atoms with Crippen LogP contribution < -0.4 is 4.90 Å². The average Bonchev–Trinajstić information content (AvgIpc) is 3.36. The van der Waals surface area contributed by atoms with Crippen LogP contribution in [-0.4, -0.2) is 0 Å². The van der Waals surface area contributed by atoms with Gasteiger partial charge in [0, 0.05) is 16.9 Å². The van der Waals surface area contributed by atoms with Gasteiger partial charge < -0.3 is 4.90 Å². The molecule has 288 valence electrons. The average molecular weight is 778 g/mol. The Labute approximate surface area is 359 Å². The fourth-order valence-electron chi connectivity index (χ4n) is 8.46. The smallest absolute Gasteiger partial charge is 0.0540 e. The van der Waals surface area contributed by atoms with Gasteiger partial charge in [-0.25, -0.2) is 0 Å². The first-order chi connectivity index (χ1) is 30.3. The molecule has 0 atom stereocenters. The second-order valence-corrected chi connectivity index (χ2v) is 15.3. The molecular weight excluding hydrogens is 735 g/mol. The van der Waals surface area contributed by atoms with E-state index in [1.54, 1.807) is 0 Å². The molecular formula is C60H43N. The first-order valence-electron chi connectivity index (χ1n) is 20.9. The van der Waals surface area contributed by atoms with Crippen LogP contribution in [-0.2, 0) is 0 Å². The molecule has 0 N–H and O–H groups in total. The molecule has 0 amide bonds. The number of nitrogens with zero attached hydrogens (tertiary/aromatic N) is 1. The summed E-state index contributed by atoms with van der Waals surface area (Å²) in [4.78, 5) is 2.40. The molecule has 0 radical (unpaired) electrons. The standard InChI is InChI=1S/C60H43N/c1-6-17-44(18-7-1)46-29-31-47(32-30-46)49-35-40-55(41-36-49)61(54-38-33-48(34-39-54)45-19-8-2-9-20-45)59-42-37-53(43-58(59)51-23-12-4-13-24-51)57-28-16-27-56(50-21-10-3-11-22-50)60(57)52-25-14-5-15-26-52/h1-43H. The van der Waals surface area contributed by atoms with Crippen molar-refractivity contribution in [2.24, 2.45) is 0 Å². The maximum Gasteiger partial charge on any atom is 0.0540 e. The molecule has 0 saturated carbocycles. The molecule has 1 heteroatoms. The van der Waals surface area contributed by atoms with E-state index in [0.717, 1.165) is 33.8 Å². The Morgan fingerprint density at radius 3 is 0.934 bits per heavy atom. The van der Waals surface area contributed by atoms with Gasteiger partial charge in [-0.1, -0.05) is 224 Å². The summed E-state index contributed by atoms with van der Waals surface area (Å²) in [7, 11) is 0. The van der Waals surface area contributed by atoms with Crippen molar-refractivity contribution in [2.45, 2.75) is 0 Å². The molecule has 0 aliphatic carbocycles. The molecule has 1 nitrogen and oxygen atoms in total. The first kappa shape index (κ1) is 37.3. The van der Waals surface area contributed by atoms with Crippen molar-refractivity contribution in [3.05, 3.63) is 261 Å². The molecule has 0 bridgehead atoms. The zero-order valence-electron chi connectivity index (χ0n) is 33.8. The molecule has 0 unspecified atom stereocenters. The Kier molecular flexibility index (Phi) is 10.4. The lowest BCUT2D eigenvalue weighted by Crippen LogP contribution is -2.11. The molecule has 0 heterocycles. The minimum Gasteiger partial charge on any atom is -0.310 e. The van der Waals surface area contributed by atoms with Crippen LogP contribution in [0.5, 0.6) is 0 Å². The lowest BCUT2D eigenvalue weighted by atomic mass is 9.86. The first-order valence-corrected chi connectivity index (χ1v) is 20.9. The highest BCUT2D eigenvalue weighted by Gasteiger charge is 2.21. The third-order valence-electron chi connectivity index (χ3n) is 11.5. The van der Waals surface area contributed by atoms with E-state index in [0.29, 0.717) is 0 Å². The van der Waals surface area contributed by atoms with E-state index in [1.807, 2.05) is 0 Å².